The minimum absolute atomic E-state index is 0.0286. The Bertz CT molecular complexity index is 367. The van der Waals surface area contributed by atoms with Crippen LogP contribution in [0.2, 0.25) is 0 Å². The molecule has 0 saturated heterocycles. The van der Waals surface area contributed by atoms with Crippen molar-refractivity contribution in [3.63, 3.8) is 0 Å². The third-order valence-corrected chi connectivity index (χ3v) is 2.56. The third kappa shape index (κ3) is 4.56. The fourth-order valence-electron chi connectivity index (χ4n) is 1.46. The number of nitrogens with zero attached hydrogens (tertiary/aromatic N) is 2. The highest BCUT2D eigenvalue weighted by Gasteiger charge is 2.17. The van der Waals surface area contributed by atoms with Crippen molar-refractivity contribution in [3.8, 4) is 5.88 Å². The van der Waals surface area contributed by atoms with Crippen molar-refractivity contribution in [1.82, 2.24) is 9.97 Å². The maximum absolute atomic E-state index is 8.95. The molecule has 0 spiro atoms. The van der Waals surface area contributed by atoms with Crippen LogP contribution in [0, 0.1) is 12.3 Å². The lowest BCUT2D eigenvalue weighted by atomic mass is 9.90. The molecule has 0 fully saturated rings. The summed E-state index contributed by atoms with van der Waals surface area (Å²) in [6.07, 6.45) is 0.751. The maximum atomic E-state index is 8.95. The molecule has 0 bridgehead atoms. The van der Waals surface area contributed by atoms with Gasteiger partial charge in [-0.15, -0.1) is 0 Å². The van der Waals surface area contributed by atoms with Gasteiger partial charge in [0.1, 0.15) is 11.6 Å². The third-order valence-electron chi connectivity index (χ3n) is 2.56. The Labute approximate surface area is 102 Å². The molecule has 96 valence electrons. The van der Waals surface area contributed by atoms with Crippen molar-refractivity contribution in [2.75, 3.05) is 25.6 Å². The molecule has 0 aliphatic rings. The number of methoxy groups -OCH3 is 1. The van der Waals surface area contributed by atoms with Crippen molar-refractivity contribution >= 4 is 5.82 Å². The molecule has 17 heavy (non-hydrogen) atoms. The van der Waals surface area contributed by atoms with Gasteiger partial charge in [-0.25, -0.2) is 4.98 Å². The summed E-state index contributed by atoms with van der Waals surface area (Å²) in [6.45, 7) is 6.96. The monoisotopic (exact) mass is 239 g/mol. The lowest BCUT2D eigenvalue weighted by molar-refractivity contribution is 0.220. The fourth-order valence-corrected chi connectivity index (χ4v) is 1.46. The van der Waals surface area contributed by atoms with Gasteiger partial charge in [0.25, 0.3) is 0 Å². The number of aromatic nitrogens is 2. The van der Waals surface area contributed by atoms with E-state index in [1.165, 1.54) is 0 Å². The van der Waals surface area contributed by atoms with Crippen LogP contribution in [0.4, 0.5) is 5.82 Å². The van der Waals surface area contributed by atoms with E-state index >= 15 is 0 Å². The van der Waals surface area contributed by atoms with Gasteiger partial charge < -0.3 is 15.2 Å². The van der Waals surface area contributed by atoms with E-state index in [0.717, 1.165) is 18.8 Å². The van der Waals surface area contributed by atoms with Crippen molar-refractivity contribution < 1.29 is 9.84 Å². The van der Waals surface area contributed by atoms with Crippen LogP contribution in [0.1, 0.15) is 26.1 Å². The van der Waals surface area contributed by atoms with Gasteiger partial charge in [0.15, 0.2) is 0 Å². The second kappa shape index (κ2) is 5.82. The number of aliphatic hydroxyl groups is 1. The van der Waals surface area contributed by atoms with Gasteiger partial charge >= 0.3 is 0 Å². The summed E-state index contributed by atoms with van der Waals surface area (Å²) in [7, 11) is 1.58. The summed E-state index contributed by atoms with van der Waals surface area (Å²) < 4.78 is 5.08. The summed E-state index contributed by atoms with van der Waals surface area (Å²) in [5.74, 6) is 1.98. The zero-order valence-corrected chi connectivity index (χ0v) is 10.9. The Balaban J connectivity index is 2.65. The van der Waals surface area contributed by atoms with Crippen molar-refractivity contribution in [2.45, 2.75) is 27.2 Å². The molecule has 1 aromatic rings. The number of aliphatic hydroxyl groups excluding tert-OH is 1. The van der Waals surface area contributed by atoms with Crippen LogP contribution in [-0.4, -0.2) is 35.3 Å². The first-order valence-corrected chi connectivity index (χ1v) is 5.71. The smallest absolute Gasteiger partial charge is 0.218 e. The average molecular weight is 239 g/mol. The SMILES string of the molecule is COc1cc(NCC(C)(C)CCO)nc(C)n1. The predicted octanol–water partition coefficient (Wildman–Crippen LogP) is 1.61. The Morgan fingerprint density at radius 2 is 2.12 bits per heavy atom. The van der Waals surface area contributed by atoms with Crippen LogP contribution < -0.4 is 10.1 Å². The maximum Gasteiger partial charge on any atom is 0.218 e. The standard InChI is InChI=1S/C12H21N3O2/c1-9-14-10(7-11(15-9)17-4)13-8-12(2,3)5-6-16/h7,16H,5-6,8H2,1-4H3,(H,13,14,15). The molecule has 1 rings (SSSR count). The number of nitrogens with one attached hydrogen (secondary N) is 1. The number of anilines is 1. The zero-order chi connectivity index (χ0) is 12.9. The quantitative estimate of drug-likeness (QED) is 0.789. The van der Waals surface area contributed by atoms with E-state index < -0.39 is 0 Å². The normalized spacial score (nSPS) is 11.4. The molecule has 1 heterocycles. The molecule has 0 radical (unpaired) electrons. The van der Waals surface area contributed by atoms with Crippen LogP contribution in [0.15, 0.2) is 6.07 Å². The van der Waals surface area contributed by atoms with Crippen LogP contribution >= 0.6 is 0 Å². The predicted molar refractivity (Wildman–Crippen MR) is 67.3 cm³/mol. The molecule has 0 aliphatic carbocycles. The topological polar surface area (TPSA) is 67.3 Å². The molecule has 0 atom stereocenters. The summed E-state index contributed by atoms with van der Waals surface area (Å²) in [5, 5.41) is 12.2. The summed E-state index contributed by atoms with van der Waals surface area (Å²) in [5.41, 5.74) is 0.0286. The Hall–Kier alpha value is -1.36. The van der Waals surface area contributed by atoms with Crippen molar-refractivity contribution in [1.29, 1.82) is 0 Å². The van der Waals surface area contributed by atoms with E-state index in [1.54, 1.807) is 13.2 Å². The first kappa shape index (κ1) is 13.7. The van der Waals surface area contributed by atoms with E-state index in [2.05, 4.69) is 29.1 Å². The van der Waals surface area contributed by atoms with Crippen LogP contribution in [0.3, 0.4) is 0 Å². The fraction of sp³-hybridized carbons (Fsp3) is 0.667. The van der Waals surface area contributed by atoms with Crippen LogP contribution in [-0.2, 0) is 0 Å². The first-order chi connectivity index (χ1) is 7.96. The van der Waals surface area contributed by atoms with E-state index in [0.29, 0.717) is 11.7 Å². The molecule has 0 aromatic carbocycles. The summed E-state index contributed by atoms with van der Waals surface area (Å²) >= 11 is 0. The first-order valence-electron chi connectivity index (χ1n) is 5.71. The second-order valence-corrected chi connectivity index (χ2v) is 4.83. The number of hydrogen-bond acceptors (Lipinski definition) is 5. The summed E-state index contributed by atoms with van der Waals surface area (Å²) in [6, 6.07) is 1.77. The Kier molecular flexibility index (Phi) is 4.69. The van der Waals surface area contributed by atoms with Gasteiger partial charge in [-0.05, 0) is 18.8 Å². The molecule has 5 heteroatoms. The van der Waals surface area contributed by atoms with Crippen molar-refractivity contribution in [3.05, 3.63) is 11.9 Å². The molecule has 0 unspecified atom stereocenters. The molecule has 1 aromatic heterocycles. The van der Waals surface area contributed by atoms with Gasteiger partial charge in [-0.2, -0.15) is 4.98 Å². The largest absolute Gasteiger partial charge is 0.481 e. The minimum atomic E-state index is 0.0286. The zero-order valence-electron chi connectivity index (χ0n) is 10.9. The number of aryl methyl sites for hydroxylation is 1. The van der Waals surface area contributed by atoms with E-state index in [9.17, 15) is 0 Å². The summed E-state index contributed by atoms with van der Waals surface area (Å²) in [4.78, 5) is 8.40. The van der Waals surface area contributed by atoms with E-state index in [1.807, 2.05) is 6.92 Å². The van der Waals surface area contributed by atoms with Crippen LogP contribution in [0.25, 0.3) is 0 Å². The van der Waals surface area contributed by atoms with E-state index in [-0.39, 0.29) is 12.0 Å². The van der Waals surface area contributed by atoms with Crippen LogP contribution in [0.5, 0.6) is 5.88 Å². The molecule has 5 nitrogen and oxygen atoms in total. The highest BCUT2D eigenvalue weighted by Crippen LogP contribution is 2.21. The Morgan fingerprint density at radius 1 is 1.41 bits per heavy atom. The van der Waals surface area contributed by atoms with Gasteiger partial charge in [0, 0.05) is 19.2 Å². The highest BCUT2D eigenvalue weighted by atomic mass is 16.5. The average Bonchev–Trinajstić information content (AvgIpc) is 2.26. The van der Waals surface area contributed by atoms with Gasteiger partial charge in [0.2, 0.25) is 5.88 Å². The molecule has 0 saturated carbocycles. The molecule has 2 N–H and O–H groups in total. The number of hydrogen-bond donors (Lipinski definition) is 2. The minimum Gasteiger partial charge on any atom is -0.481 e. The molecular formula is C12H21N3O2. The van der Waals surface area contributed by atoms with Gasteiger partial charge in [0.05, 0.1) is 7.11 Å². The molecular weight excluding hydrogens is 218 g/mol. The molecule has 0 aliphatic heterocycles. The van der Waals surface area contributed by atoms with Crippen molar-refractivity contribution in [2.24, 2.45) is 5.41 Å². The molecule has 0 amide bonds. The lowest BCUT2D eigenvalue weighted by Crippen LogP contribution is -2.24. The van der Waals surface area contributed by atoms with E-state index in [4.69, 9.17) is 9.84 Å². The second-order valence-electron chi connectivity index (χ2n) is 4.83. The van der Waals surface area contributed by atoms with Gasteiger partial charge in [-0.1, -0.05) is 13.8 Å². The highest BCUT2D eigenvalue weighted by molar-refractivity contribution is 5.38. The number of rotatable bonds is 6. The Morgan fingerprint density at radius 3 is 2.71 bits per heavy atom. The number of ether oxygens (including phenoxy) is 1. The lowest BCUT2D eigenvalue weighted by Gasteiger charge is -2.24. The van der Waals surface area contributed by atoms with Gasteiger partial charge in [-0.3, -0.25) is 0 Å².